The number of aliphatic hydroxyl groups is 1. The molecule has 3 aliphatic carbocycles. The topological polar surface area (TPSA) is 85.0 Å². The fourth-order valence-electron chi connectivity index (χ4n) is 5.42. The molecule has 0 amide bonds. The lowest BCUT2D eigenvalue weighted by atomic mass is 9.58. The molecule has 8 heteroatoms. The van der Waals surface area contributed by atoms with E-state index in [1.54, 1.807) is 0 Å². The second kappa shape index (κ2) is 6.98. The highest BCUT2D eigenvalue weighted by atomic mass is 35.5. The first-order valence-corrected chi connectivity index (χ1v) is 10.9. The summed E-state index contributed by atoms with van der Waals surface area (Å²) in [5.74, 6) is 2.89. The van der Waals surface area contributed by atoms with E-state index in [2.05, 4.69) is 26.1 Å². The zero-order chi connectivity index (χ0) is 19.7. The Morgan fingerprint density at radius 2 is 1.83 bits per heavy atom. The summed E-state index contributed by atoms with van der Waals surface area (Å²) in [5.41, 5.74) is 0.350. The maximum absolute atomic E-state index is 13.2. The third-order valence-corrected chi connectivity index (χ3v) is 7.49. The summed E-state index contributed by atoms with van der Waals surface area (Å²) in [7, 11) is 0. The number of nitrogens with one attached hydrogen (secondary N) is 1. The number of nitrogens with zero attached hydrogens (tertiary/aromatic N) is 4. The van der Waals surface area contributed by atoms with Crippen LogP contribution in [0, 0.1) is 5.92 Å². The number of fused-ring (bicyclic) bond motifs is 6. The van der Waals surface area contributed by atoms with E-state index in [9.17, 15) is 9.90 Å². The van der Waals surface area contributed by atoms with Crippen molar-refractivity contribution in [1.29, 1.82) is 0 Å². The third kappa shape index (κ3) is 3.00. The summed E-state index contributed by atoms with van der Waals surface area (Å²) in [5, 5.41) is 14.1. The van der Waals surface area contributed by atoms with Crippen molar-refractivity contribution in [3.63, 3.8) is 0 Å². The van der Waals surface area contributed by atoms with Crippen molar-refractivity contribution in [2.45, 2.75) is 95.9 Å². The number of aromatic nitrogens is 4. The van der Waals surface area contributed by atoms with Gasteiger partial charge in [0.25, 0.3) is 0 Å². The molecule has 3 fully saturated rings. The van der Waals surface area contributed by atoms with Crippen molar-refractivity contribution in [2.75, 3.05) is 5.32 Å². The average molecular weight is 422 g/mol. The lowest BCUT2D eigenvalue weighted by Gasteiger charge is -2.49. The number of hydrogen-bond donors (Lipinski definition) is 2. The Hall–Kier alpha value is -1.60. The lowest BCUT2D eigenvalue weighted by Crippen LogP contribution is -2.48. The standard InChI is InChI=1S/C21H31N5O2.ClH/c1-4-11-25-17-15(16-22-14(13(2)3)12-26(16)19(25)27)23-18(24-17)20-5-8-21(28,9-6-20)10-7-20;/h13-14,22,28H,4-12H2,1-3H3;1H/t14-,20?,21?;/m0./s1. The number of anilines is 1. The zero-order valence-corrected chi connectivity index (χ0v) is 18.4. The Balaban J connectivity index is 0.00000205. The molecule has 3 aliphatic heterocycles. The molecule has 1 atom stereocenters. The molecule has 0 aromatic carbocycles. The predicted octanol–water partition coefficient (Wildman–Crippen LogP) is 3.16. The smallest absolute Gasteiger partial charge is 0.331 e. The van der Waals surface area contributed by atoms with Crippen molar-refractivity contribution in [3.8, 4) is 11.5 Å². The molecule has 0 saturated heterocycles. The number of halogens is 1. The highest BCUT2D eigenvalue weighted by molar-refractivity contribution is 5.85. The van der Waals surface area contributed by atoms with Gasteiger partial charge in [0.2, 0.25) is 0 Å². The quantitative estimate of drug-likeness (QED) is 0.792. The van der Waals surface area contributed by atoms with Crippen LogP contribution in [0.25, 0.3) is 11.5 Å². The Morgan fingerprint density at radius 3 is 2.41 bits per heavy atom. The van der Waals surface area contributed by atoms with Crippen molar-refractivity contribution >= 4 is 18.2 Å². The Labute approximate surface area is 177 Å². The minimum absolute atomic E-state index is 0. The van der Waals surface area contributed by atoms with E-state index in [-0.39, 0.29) is 29.6 Å². The van der Waals surface area contributed by atoms with Gasteiger partial charge in [0, 0.05) is 24.5 Å². The van der Waals surface area contributed by atoms with E-state index >= 15 is 0 Å². The van der Waals surface area contributed by atoms with Crippen LogP contribution in [0.3, 0.4) is 0 Å². The fourth-order valence-corrected chi connectivity index (χ4v) is 5.42. The maximum atomic E-state index is 13.2. The predicted molar refractivity (Wildman–Crippen MR) is 115 cm³/mol. The first kappa shape index (κ1) is 20.7. The van der Waals surface area contributed by atoms with E-state index in [0.29, 0.717) is 19.0 Å². The molecule has 6 rings (SSSR count). The van der Waals surface area contributed by atoms with Crippen LogP contribution in [0.4, 0.5) is 5.82 Å². The molecule has 3 saturated carbocycles. The van der Waals surface area contributed by atoms with E-state index in [4.69, 9.17) is 9.97 Å². The van der Waals surface area contributed by atoms with Gasteiger partial charge in [0.05, 0.1) is 5.60 Å². The Kier molecular flexibility index (Phi) is 4.97. The van der Waals surface area contributed by atoms with E-state index < -0.39 is 5.60 Å². The summed E-state index contributed by atoms with van der Waals surface area (Å²) in [6.07, 6.45) is 6.20. The molecular weight excluding hydrogens is 390 g/mol. The normalized spacial score (nSPS) is 30.4. The molecule has 3 heterocycles. The highest BCUT2D eigenvalue weighted by Gasteiger charge is 2.51. The second-order valence-corrected chi connectivity index (χ2v) is 9.61. The van der Waals surface area contributed by atoms with Crippen LogP contribution >= 0.6 is 12.4 Å². The van der Waals surface area contributed by atoms with Crippen LogP contribution in [-0.2, 0) is 18.5 Å². The molecule has 0 spiro atoms. The van der Waals surface area contributed by atoms with E-state index in [1.807, 2.05) is 9.13 Å². The molecular formula is C21H32ClN5O2. The molecule has 7 nitrogen and oxygen atoms in total. The van der Waals surface area contributed by atoms with Gasteiger partial charge in [0.15, 0.2) is 5.82 Å². The molecule has 160 valence electrons. The van der Waals surface area contributed by atoms with Gasteiger partial charge in [-0.2, -0.15) is 0 Å². The largest absolute Gasteiger partial charge is 0.390 e. The van der Waals surface area contributed by atoms with Gasteiger partial charge >= 0.3 is 5.69 Å². The van der Waals surface area contributed by atoms with Gasteiger partial charge in [0.1, 0.15) is 17.3 Å². The van der Waals surface area contributed by atoms with Crippen LogP contribution in [0.15, 0.2) is 4.79 Å². The van der Waals surface area contributed by atoms with Crippen LogP contribution in [0.2, 0.25) is 0 Å². The van der Waals surface area contributed by atoms with E-state index in [1.165, 1.54) is 0 Å². The molecule has 0 radical (unpaired) electrons. The van der Waals surface area contributed by atoms with Crippen molar-refractivity contribution in [3.05, 3.63) is 16.3 Å². The van der Waals surface area contributed by atoms with Crippen molar-refractivity contribution < 1.29 is 5.11 Å². The zero-order valence-electron chi connectivity index (χ0n) is 17.6. The van der Waals surface area contributed by atoms with Crippen LogP contribution < -0.4 is 11.0 Å². The molecule has 2 bridgehead atoms. The summed E-state index contributed by atoms with van der Waals surface area (Å²) in [6.45, 7) is 7.79. The SMILES string of the molecule is CCCn1c2nc(C34CCC(O)(CC3)CC4)nc-2c2n(c1=O)C[C@@H](C(C)C)N2.Cl. The van der Waals surface area contributed by atoms with Gasteiger partial charge in [-0.05, 0) is 50.9 Å². The van der Waals surface area contributed by atoms with E-state index in [0.717, 1.165) is 68.1 Å². The Bertz CT molecular complexity index is 925. The number of imidazole rings is 1. The minimum Gasteiger partial charge on any atom is -0.390 e. The second-order valence-electron chi connectivity index (χ2n) is 9.61. The molecule has 0 unspecified atom stereocenters. The summed E-state index contributed by atoms with van der Waals surface area (Å²) < 4.78 is 3.68. The first-order chi connectivity index (χ1) is 13.4. The number of rotatable bonds is 4. The van der Waals surface area contributed by atoms with Crippen LogP contribution in [-0.4, -0.2) is 35.9 Å². The molecule has 0 aromatic heterocycles. The lowest BCUT2D eigenvalue weighted by molar-refractivity contribution is -0.0677. The minimum atomic E-state index is -0.471. The van der Waals surface area contributed by atoms with Gasteiger partial charge in [-0.25, -0.2) is 14.8 Å². The van der Waals surface area contributed by atoms with Crippen LogP contribution in [0.5, 0.6) is 0 Å². The van der Waals surface area contributed by atoms with Crippen molar-refractivity contribution in [2.24, 2.45) is 5.92 Å². The summed E-state index contributed by atoms with van der Waals surface area (Å²) >= 11 is 0. The number of hydrogen-bond acceptors (Lipinski definition) is 5. The summed E-state index contributed by atoms with van der Waals surface area (Å²) in [4.78, 5) is 23.2. The van der Waals surface area contributed by atoms with Crippen molar-refractivity contribution in [1.82, 2.24) is 19.1 Å². The van der Waals surface area contributed by atoms with Gasteiger partial charge in [-0.3, -0.25) is 9.13 Å². The maximum Gasteiger partial charge on any atom is 0.331 e. The van der Waals surface area contributed by atoms with Gasteiger partial charge in [-0.1, -0.05) is 20.8 Å². The highest BCUT2D eigenvalue weighted by Crippen LogP contribution is 2.53. The molecule has 0 aromatic rings. The summed E-state index contributed by atoms with van der Waals surface area (Å²) in [6, 6.07) is 0.242. The Morgan fingerprint density at radius 1 is 1.17 bits per heavy atom. The monoisotopic (exact) mass is 421 g/mol. The molecule has 29 heavy (non-hydrogen) atoms. The molecule has 6 aliphatic rings. The van der Waals surface area contributed by atoms with Crippen LogP contribution in [0.1, 0.15) is 71.5 Å². The third-order valence-electron chi connectivity index (χ3n) is 7.49. The molecule has 2 N–H and O–H groups in total. The van der Waals surface area contributed by atoms with Gasteiger partial charge in [-0.15, -0.1) is 12.4 Å². The average Bonchev–Trinajstić information content (AvgIpc) is 3.31. The fraction of sp³-hybridized carbons (Fsp3) is 0.762. The first-order valence-electron chi connectivity index (χ1n) is 10.9. The van der Waals surface area contributed by atoms with Gasteiger partial charge < -0.3 is 10.4 Å².